The number of likely N-dealkylation sites (tertiary alicyclic amines) is 1. The van der Waals surface area contributed by atoms with Crippen molar-refractivity contribution < 1.29 is 28.8 Å². The molecule has 51 heavy (non-hydrogen) atoms. The van der Waals surface area contributed by atoms with Crippen molar-refractivity contribution in [1.82, 2.24) is 31.1 Å². The maximum atomic E-state index is 14.5. The zero-order valence-corrected chi connectivity index (χ0v) is 31.4. The third kappa shape index (κ3) is 8.15. The molecule has 2 heterocycles. The fourth-order valence-electron chi connectivity index (χ4n) is 7.76. The third-order valence-electron chi connectivity index (χ3n) is 11.3. The number of carbonyl (C=O) groups excluding carboxylic acids is 6. The molecule has 0 radical (unpaired) electrons. The highest BCUT2D eigenvalue weighted by Gasteiger charge is 2.70. The average Bonchev–Trinajstić information content (AvgIpc) is 3.85. The first-order valence-electron chi connectivity index (χ1n) is 18.2. The number of carbonyl (C=O) groups is 6. The lowest BCUT2D eigenvalue weighted by molar-refractivity contribution is -0.145. The minimum Gasteiger partial charge on any atom is -0.346 e. The number of urea groups is 1. The molecule has 1 aromatic rings. The number of amides is 6. The van der Waals surface area contributed by atoms with Gasteiger partial charge in [0.05, 0.1) is 12.1 Å². The van der Waals surface area contributed by atoms with Gasteiger partial charge in [-0.05, 0) is 52.0 Å². The minimum absolute atomic E-state index is 0.0764. The van der Waals surface area contributed by atoms with Crippen molar-refractivity contribution in [3.05, 3.63) is 48.0 Å². The van der Waals surface area contributed by atoms with E-state index in [0.717, 1.165) is 18.4 Å². The molecule has 2 unspecified atom stereocenters. The molecule has 5 rings (SSSR count). The number of Topliss-reactive ketones (excluding diaryl/α,β-unsaturated/α-hetero) is 1. The van der Waals surface area contributed by atoms with Gasteiger partial charge < -0.3 is 31.1 Å². The lowest BCUT2D eigenvalue weighted by Crippen LogP contribution is -2.62. The van der Waals surface area contributed by atoms with Crippen molar-refractivity contribution in [2.24, 2.45) is 34.0 Å². The van der Waals surface area contributed by atoms with Gasteiger partial charge in [0.15, 0.2) is 0 Å². The van der Waals surface area contributed by atoms with E-state index in [-0.39, 0.29) is 48.1 Å². The Morgan fingerprint density at radius 1 is 0.980 bits per heavy atom. The first kappa shape index (κ1) is 38.0. The average molecular weight is 705 g/mol. The van der Waals surface area contributed by atoms with Crippen LogP contribution in [0.15, 0.2) is 36.9 Å². The number of hydrogen-bond acceptors (Lipinski definition) is 6. The van der Waals surface area contributed by atoms with E-state index >= 15 is 0 Å². The van der Waals surface area contributed by atoms with Crippen LogP contribution in [-0.4, -0.2) is 89.0 Å². The molecule has 1 aromatic carbocycles. The SMILES string of the molecule is C=CCNC(=O)C(=O)C(CC1CC1)NC(=O)C1[C@@H]2[C@H](CN1C(=O)[C@@H](NC(=O)N[C@H](CN1Cc3ccccc3C1=O)C(C)(C)C)C(C)(C)C)C2(C)C. The van der Waals surface area contributed by atoms with Gasteiger partial charge in [-0.2, -0.15) is 0 Å². The number of benzene rings is 1. The van der Waals surface area contributed by atoms with Crippen LogP contribution in [0, 0.1) is 34.0 Å². The highest BCUT2D eigenvalue weighted by atomic mass is 16.2. The van der Waals surface area contributed by atoms with Crippen molar-refractivity contribution in [3.8, 4) is 0 Å². The Hall–Kier alpha value is -4.22. The van der Waals surface area contributed by atoms with E-state index in [1.807, 2.05) is 65.8 Å². The number of nitrogens with zero attached hydrogens (tertiary/aromatic N) is 2. The molecule has 12 nitrogen and oxygen atoms in total. The van der Waals surface area contributed by atoms with Gasteiger partial charge >= 0.3 is 6.03 Å². The van der Waals surface area contributed by atoms with Gasteiger partial charge in [-0.3, -0.25) is 24.0 Å². The molecule has 6 amide bonds. The maximum absolute atomic E-state index is 14.5. The van der Waals surface area contributed by atoms with Gasteiger partial charge in [0.25, 0.3) is 11.8 Å². The van der Waals surface area contributed by atoms with Crippen LogP contribution in [0.1, 0.15) is 90.6 Å². The standard InChI is InChI=1S/C39H56N6O6/c1-10-17-40-33(48)30(46)26(18-22-15-16-22)41-32(47)29-28-25(39(28,8)9)20-45(29)35(50)31(38(5,6)7)43-36(51)42-27(37(2,3)4)21-44-19-23-13-11-12-14-24(23)34(44)49/h10-14,22,25-29,31H,1,15-21H2,2-9H3,(H,40,48)(H,41,47)(H2,42,43,51)/t25-,26?,27+,28-,29?,31+/m0/s1. The first-order valence-corrected chi connectivity index (χ1v) is 18.2. The van der Waals surface area contributed by atoms with Gasteiger partial charge in [-0.15, -0.1) is 6.58 Å². The second kappa shape index (κ2) is 14.1. The number of fused-ring (bicyclic) bond motifs is 2. The molecule has 6 atom stereocenters. The molecule has 278 valence electrons. The Morgan fingerprint density at radius 2 is 1.65 bits per heavy atom. The van der Waals surface area contributed by atoms with E-state index in [1.54, 1.807) is 9.80 Å². The summed E-state index contributed by atoms with van der Waals surface area (Å²) in [7, 11) is 0. The molecule has 3 fully saturated rings. The van der Waals surface area contributed by atoms with Crippen LogP contribution in [0.4, 0.5) is 4.79 Å². The molecule has 1 saturated heterocycles. The molecule has 0 aromatic heterocycles. The zero-order chi connectivity index (χ0) is 37.6. The van der Waals surface area contributed by atoms with Crippen molar-refractivity contribution in [1.29, 1.82) is 0 Å². The fourth-order valence-corrected chi connectivity index (χ4v) is 7.76. The Bertz CT molecular complexity index is 1590. The lowest BCUT2D eigenvalue weighted by atomic mass is 9.85. The number of piperidine rings is 1. The number of rotatable bonds is 13. The summed E-state index contributed by atoms with van der Waals surface area (Å²) in [5.74, 6) is -2.21. The van der Waals surface area contributed by atoms with Crippen LogP contribution in [0.25, 0.3) is 0 Å². The second-order valence-electron chi connectivity index (χ2n) is 17.7. The molecular weight excluding hydrogens is 648 g/mol. The summed E-state index contributed by atoms with van der Waals surface area (Å²) in [6, 6.07) is 3.67. The molecule has 12 heteroatoms. The largest absolute Gasteiger partial charge is 0.346 e. The molecule has 4 N–H and O–H groups in total. The highest BCUT2D eigenvalue weighted by molar-refractivity contribution is 6.38. The van der Waals surface area contributed by atoms with Crippen LogP contribution in [0.5, 0.6) is 0 Å². The van der Waals surface area contributed by atoms with E-state index < -0.39 is 58.6 Å². The second-order valence-corrected chi connectivity index (χ2v) is 17.7. The molecular formula is C39H56N6O6. The number of nitrogens with one attached hydrogen (secondary N) is 4. The van der Waals surface area contributed by atoms with Crippen LogP contribution < -0.4 is 21.3 Å². The van der Waals surface area contributed by atoms with E-state index in [4.69, 9.17) is 0 Å². The van der Waals surface area contributed by atoms with Crippen LogP contribution >= 0.6 is 0 Å². The number of ketones is 1. The van der Waals surface area contributed by atoms with Crippen molar-refractivity contribution in [2.45, 2.75) is 105 Å². The van der Waals surface area contributed by atoms with Crippen LogP contribution in [0.2, 0.25) is 0 Å². The van der Waals surface area contributed by atoms with E-state index in [2.05, 4.69) is 41.7 Å². The predicted molar refractivity (Wildman–Crippen MR) is 193 cm³/mol. The van der Waals surface area contributed by atoms with Gasteiger partial charge in [-0.1, -0.05) is 92.5 Å². The highest BCUT2D eigenvalue weighted by Crippen LogP contribution is 2.65. The summed E-state index contributed by atoms with van der Waals surface area (Å²) in [4.78, 5) is 84.6. The Balaban J connectivity index is 1.31. The smallest absolute Gasteiger partial charge is 0.315 e. The summed E-state index contributed by atoms with van der Waals surface area (Å²) in [5, 5.41) is 11.4. The van der Waals surface area contributed by atoms with Gasteiger partial charge in [0, 0.05) is 31.7 Å². The zero-order valence-electron chi connectivity index (χ0n) is 31.4. The first-order chi connectivity index (χ1) is 23.7. The van der Waals surface area contributed by atoms with Crippen LogP contribution in [0.3, 0.4) is 0 Å². The van der Waals surface area contributed by atoms with Gasteiger partial charge in [0.2, 0.25) is 17.6 Å². The monoisotopic (exact) mass is 704 g/mol. The predicted octanol–water partition coefficient (Wildman–Crippen LogP) is 3.41. The maximum Gasteiger partial charge on any atom is 0.315 e. The van der Waals surface area contributed by atoms with Crippen LogP contribution in [-0.2, 0) is 25.7 Å². The lowest BCUT2D eigenvalue weighted by Gasteiger charge is -2.39. The van der Waals surface area contributed by atoms with Gasteiger partial charge in [0.1, 0.15) is 12.1 Å². The van der Waals surface area contributed by atoms with E-state index in [0.29, 0.717) is 25.1 Å². The summed E-state index contributed by atoms with van der Waals surface area (Å²) in [5.41, 5.74) is 0.274. The summed E-state index contributed by atoms with van der Waals surface area (Å²) < 4.78 is 0. The third-order valence-corrected chi connectivity index (χ3v) is 11.3. The molecule has 0 spiro atoms. The van der Waals surface area contributed by atoms with E-state index in [9.17, 15) is 28.8 Å². The number of hydrogen-bond donors (Lipinski definition) is 4. The normalized spacial score (nSPS) is 23.7. The fraction of sp³-hybridized carbons (Fsp3) is 0.641. The summed E-state index contributed by atoms with van der Waals surface area (Å²) in [6.07, 6.45) is 3.70. The minimum atomic E-state index is -1.00. The Morgan fingerprint density at radius 3 is 2.24 bits per heavy atom. The molecule has 2 aliphatic carbocycles. The quantitative estimate of drug-likeness (QED) is 0.182. The molecule has 0 bridgehead atoms. The van der Waals surface area contributed by atoms with Gasteiger partial charge in [-0.25, -0.2) is 4.79 Å². The Kier molecular flexibility index (Phi) is 10.5. The molecule has 2 saturated carbocycles. The van der Waals surface area contributed by atoms with Crippen molar-refractivity contribution in [2.75, 3.05) is 19.6 Å². The summed E-state index contributed by atoms with van der Waals surface area (Å²) >= 11 is 0. The topological polar surface area (TPSA) is 157 Å². The van der Waals surface area contributed by atoms with E-state index in [1.165, 1.54) is 6.08 Å². The molecule has 4 aliphatic rings. The molecule has 2 aliphatic heterocycles. The summed E-state index contributed by atoms with van der Waals surface area (Å²) in [6.45, 7) is 20.5. The van der Waals surface area contributed by atoms with Crippen molar-refractivity contribution in [3.63, 3.8) is 0 Å². The Labute approximate surface area is 301 Å². The van der Waals surface area contributed by atoms with Crippen molar-refractivity contribution >= 4 is 35.4 Å².